The van der Waals surface area contributed by atoms with Crippen LogP contribution in [0.5, 0.6) is 5.75 Å². The van der Waals surface area contributed by atoms with Gasteiger partial charge in [0.2, 0.25) is 5.91 Å². The van der Waals surface area contributed by atoms with E-state index in [1.54, 1.807) is 16.8 Å². The molecular weight excluding hydrogens is 525 g/mol. The minimum absolute atomic E-state index is 0.00134. The van der Waals surface area contributed by atoms with Crippen LogP contribution in [0.3, 0.4) is 0 Å². The number of hydrogen-bond acceptors (Lipinski definition) is 5. The first-order chi connectivity index (χ1) is 17.7. The zero-order valence-electron chi connectivity index (χ0n) is 21.0. The molecule has 0 spiro atoms. The maximum atomic E-state index is 14.3. The van der Waals surface area contributed by atoms with Gasteiger partial charge in [0.25, 0.3) is 0 Å². The number of rotatable bonds is 7. The monoisotopic (exact) mass is 547 g/mol. The minimum Gasteiger partial charge on any atom is -0.487 e. The second kappa shape index (κ2) is 10.2. The van der Waals surface area contributed by atoms with Gasteiger partial charge in [0, 0.05) is 22.1 Å². The van der Waals surface area contributed by atoms with Gasteiger partial charge in [-0.15, -0.1) is 0 Å². The van der Waals surface area contributed by atoms with Crippen LogP contribution in [-0.2, 0) is 16.8 Å². The van der Waals surface area contributed by atoms with E-state index in [1.807, 2.05) is 26.0 Å². The second-order valence-electron chi connectivity index (χ2n) is 9.32. The van der Waals surface area contributed by atoms with Crippen LogP contribution < -0.4 is 10.1 Å². The topological polar surface area (TPSA) is 81.9 Å². The summed E-state index contributed by atoms with van der Waals surface area (Å²) < 4.78 is 60.3. The number of carbonyl (C=O) groups is 1. The van der Waals surface area contributed by atoms with Crippen molar-refractivity contribution in [2.24, 2.45) is 0 Å². The molecule has 4 rings (SSSR count). The zero-order chi connectivity index (χ0) is 27.8. The first-order valence-electron chi connectivity index (χ1n) is 11.5. The van der Waals surface area contributed by atoms with Gasteiger partial charge in [0.05, 0.1) is 10.7 Å². The Kier molecular flexibility index (Phi) is 7.38. The quantitative estimate of drug-likeness (QED) is 0.268. The second-order valence-corrected chi connectivity index (χ2v) is 9.73. The Labute approximate surface area is 221 Å². The molecule has 7 nitrogen and oxygen atoms in total. The highest BCUT2D eigenvalue weighted by Gasteiger charge is 2.35. The van der Waals surface area contributed by atoms with Gasteiger partial charge in [0.15, 0.2) is 0 Å². The summed E-state index contributed by atoms with van der Waals surface area (Å²) in [5.41, 5.74) is 1.09. The van der Waals surface area contributed by atoms with Crippen molar-refractivity contribution < 1.29 is 27.1 Å². The number of hydrogen-bond donors (Lipinski definition) is 1. The summed E-state index contributed by atoms with van der Waals surface area (Å²) >= 11 is 6.36. The van der Waals surface area contributed by atoms with E-state index in [9.17, 15) is 22.4 Å². The number of amides is 1. The lowest BCUT2D eigenvalue weighted by atomic mass is 9.72. The maximum absolute atomic E-state index is 14.3. The summed E-state index contributed by atoms with van der Waals surface area (Å²) in [6.07, 6.45) is -4.90. The third kappa shape index (κ3) is 5.90. The van der Waals surface area contributed by atoms with Crippen molar-refractivity contribution in [3.05, 3.63) is 76.2 Å². The molecule has 0 saturated carbocycles. The highest BCUT2D eigenvalue weighted by atomic mass is 35.5. The number of aromatic nitrogens is 4. The van der Waals surface area contributed by atoms with E-state index in [-0.39, 0.29) is 17.2 Å². The van der Waals surface area contributed by atoms with E-state index in [1.165, 1.54) is 21.1 Å². The lowest BCUT2D eigenvalue weighted by Gasteiger charge is -2.30. The van der Waals surface area contributed by atoms with Crippen LogP contribution in [0, 0.1) is 19.7 Å². The summed E-state index contributed by atoms with van der Waals surface area (Å²) in [6.45, 7) is 4.94. The summed E-state index contributed by atoms with van der Waals surface area (Å²) in [5, 5.41) is 7.35. The molecule has 1 amide bonds. The number of ether oxygens (including phenoxy) is 1. The third-order valence-electron chi connectivity index (χ3n) is 5.87. The number of para-hydroxylation sites is 1. The van der Waals surface area contributed by atoms with Gasteiger partial charge in [-0.2, -0.15) is 18.3 Å². The molecule has 1 atom stereocenters. The van der Waals surface area contributed by atoms with Crippen LogP contribution in [-0.4, -0.2) is 39.7 Å². The number of fused-ring (bicyclic) bond motifs is 1. The van der Waals surface area contributed by atoms with Crippen molar-refractivity contribution in [2.45, 2.75) is 45.4 Å². The highest BCUT2D eigenvalue weighted by molar-refractivity contribution is 6.31. The molecule has 0 aliphatic heterocycles. The zero-order valence-corrected chi connectivity index (χ0v) is 21.7. The fourth-order valence-corrected chi connectivity index (χ4v) is 4.52. The van der Waals surface area contributed by atoms with Gasteiger partial charge in [-0.1, -0.05) is 23.7 Å². The molecule has 0 aliphatic rings. The molecular formula is C25H23BClF4N5O2. The largest absolute Gasteiger partial charge is 0.487 e. The molecule has 1 N–H and O–H groups in total. The van der Waals surface area contributed by atoms with Gasteiger partial charge in [0.1, 0.15) is 50.1 Å². The number of pyridine rings is 1. The average molecular weight is 548 g/mol. The average Bonchev–Trinajstić information content (AvgIpc) is 3.21. The minimum atomic E-state index is -4.69. The van der Waals surface area contributed by atoms with Gasteiger partial charge in [-0.25, -0.2) is 19.0 Å². The predicted octanol–water partition coefficient (Wildman–Crippen LogP) is 4.68. The molecule has 0 bridgehead atoms. The van der Waals surface area contributed by atoms with Crippen molar-refractivity contribution in [3.8, 4) is 11.4 Å². The fourth-order valence-electron chi connectivity index (χ4n) is 4.26. The van der Waals surface area contributed by atoms with Gasteiger partial charge < -0.3 is 10.1 Å². The summed E-state index contributed by atoms with van der Waals surface area (Å²) in [7, 11) is 1.46. The molecule has 0 aliphatic carbocycles. The molecule has 0 unspecified atom stereocenters. The van der Waals surface area contributed by atoms with Crippen LogP contribution >= 0.6 is 11.6 Å². The van der Waals surface area contributed by atoms with Gasteiger partial charge in [-0.3, -0.25) is 4.79 Å². The van der Waals surface area contributed by atoms with Crippen LogP contribution in [0.1, 0.15) is 36.0 Å². The lowest BCUT2D eigenvalue weighted by Crippen LogP contribution is -2.46. The van der Waals surface area contributed by atoms with Crippen molar-refractivity contribution in [2.75, 3.05) is 0 Å². The molecule has 38 heavy (non-hydrogen) atoms. The van der Waals surface area contributed by atoms with Crippen molar-refractivity contribution >= 4 is 36.3 Å². The molecule has 2 heterocycles. The van der Waals surface area contributed by atoms with E-state index >= 15 is 0 Å². The van der Waals surface area contributed by atoms with Crippen LogP contribution in [0.4, 0.5) is 17.6 Å². The Morgan fingerprint density at radius 1 is 1.21 bits per heavy atom. The third-order valence-corrected chi connectivity index (χ3v) is 6.21. The van der Waals surface area contributed by atoms with E-state index in [0.717, 1.165) is 23.2 Å². The van der Waals surface area contributed by atoms with Crippen molar-refractivity contribution in [1.29, 1.82) is 0 Å². The van der Waals surface area contributed by atoms with Gasteiger partial charge in [-0.05, 0) is 50.6 Å². The van der Waals surface area contributed by atoms with Crippen LogP contribution in [0.25, 0.3) is 16.6 Å². The molecule has 2 aromatic heterocycles. The summed E-state index contributed by atoms with van der Waals surface area (Å²) in [5.74, 6) is -0.877. The smallest absolute Gasteiger partial charge is 0.397 e. The molecule has 198 valence electrons. The first kappa shape index (κ1) is 27.4. The van der Waals surface area contributed by atoms with Gasteiger partial charge >= 0.3 is 6.18 Å². The number of halogens is 5. The van der Waals surface area contributed by atoms with Crippen LogP contribution in [0.2, 0.25) is 5.02 Å². The van der Waals surface area contributed by atoms with Crippen LogP contribution in [0.15, 0.2) is 42.7 Å². The fraction of sp³-hybridized carbons (Fsp3) is 0.280. The molecule has 0 radical (unpaired) electrons. The molecule has 0 fully saturated rings. The number of aryl methyl sites for hydroxylation is 2. The van der Waals surface area contributed by atoms with E-state index in [0.29, 0.717) is 28.3 Å². The first-order valence-corrected chi connectivity index (χ1v) is 11.9. The number of carbonyl (C=O) groups excluding carboxylic acids is 1. The molecule has 2 aromatic carbocycles. The number of nitrogens with one attached hydrogen (secondary N) is 1. The normalized spacial score (nSPS) is 13.4. The molecule has 0 saturated heterocycles. The Balaban J connectivity index is 1.70. The Bertz CT molecular complexity index is 1520. The number of benzene rings is 2. The van der Waals surface area contributed by atoms with E-state index in [2.05, 4.69) is 20.4 Å². The summed E-state index contributed by atoms with van der Waals surface area (Å²) in [4.78, 5) is 20.8. The van der Waals surface area contributed by atoms with E-state index in [4.69, 9.17) is 16.3 Å². The van der Waals surface area contributed by atoms with Crippen molar-refractivity contribution in [1.82, 2.24) is 25.1 Å². The maximum Gasteiger partial charge on any atom is 0.397 e. The van der Waals surface area contributed by atoms with E-state index < -0.39 is 29.8 Å². The Morgan fingerprint density at radius 2 is 1.95 bits per heavy atom. The van der Waals surface area contributed by atoms with Crippen molar-refractivity contribution in [3.63, 3.8) is 0 Å². The summed E-state index contributed by atoms with van der Waals surface area (Å²) in [6, 6.07) is 9.42. The predicted molar refractivity (Wildman–Crippen MR) is 137 cm³/mol. The molecule has 4 aromatic rings. The Morgan fingerprint density at radius 3 is 2.61 bits per heavy atom. The highest BCUT2D eigenvalue weighted by Crippen LogP contribution is 2.33. The SMILES string of the molecule is B[C@@](C)(NC(=O)CC(F)(F)F)c1cc(F)cc(Cl)c1COc1cccc2c(-n3ncnc3C)cc(C)nc12. The number of alkyl halides is 3. The number of nitrogens with zero attached hydrogens (tertiary/aromatic N) is 4. The Hall–Kier alpha value is -3.67. The lowest BCUT2D eigenvalue weighted by molar-refractivity contribution is -0.154. The molecule has 13 heteroatoms. The standard InChI is InChI=1S/C25H23BClF4N5O2/c1-13-7-20(36-14(2)32-12-33-36)16-5-4-6-21(23(16)34-13)38-11-17-18(8-15(28)9-19(17)27)24(3,26)35-22(37)10-25(29,30)31/h4-9,12H,10-11,26H2,1-3H3,(H,35,37)/t24-/m0/s1.